The Hall–Kier alpha value is -0.0800. The molecule has 0 saturated carbocycles. The van der Waals surface area contributed by atoms with E-state index in [2.05, 4.69) is 17.1 Å². The van der Waals surface area contributed by atoms with E-state index in [1.54, 1.807) is 0 Å². The molecule has 2 heteroatoms. The highest BCUT2D eigenvalue weighted by Crippen LogP contribution is 2.18. The molecule has 2 atom stereocenters. The summed E-state index contributed by atoms with van der Waals surface area (Å²) in [4.78, 5) is 2.65. The van der Waals surface area contributed by atoms with Crippen molar-refractivity contribution in [3.63, 3.8) is 0 Å². The van der Waals surface area contributed by atoms with Gasteiger partial charge in [-0.1, -0.05) is 0 Å². The average Bonchev–Trinajstić information content (AvgIpc) is 2.55. The fourth-order valence-corrected chi connectivity index (χ4v) is 2.30. The van der Waals surface area contributed by atoms with E-state index in [1.165, 1.54) is 38.9 Å². The molecule has 0 amide bonds. The van der Waals surface area contributed by atoms with E-state index in [1.807, 2.05) is 0 Å². The summed E-state index contributed by atoms with van der Waals surface area (Å²) in [6.07, 6.45) is 4.20. The zero-order valence-corrected chi connectivity index (χ0v) is 7.34. The lowest BCUT2D eigenvalue weighted by Gasteiger charge is -2.21. The normalized spacial score (nSPS) is 40.1. The van der Waals surface area contributed by atoms with Crippen LogP contribution in [0.1, 0.15) is 26.2 Å². The maximum atomic E-state index is 3.50. The van der Waals surface area contributed by atoms with Crippen molar-refractivity contribution in [3.05, 3.63) is 0 Å². The van der Waals surface area contributed by atoms with Crippen molar-refractivity contribution in [1.82, 2.24) is 10.2 Å². The van der Waals surface area contributed by atoms with Crippen LogP contribution in [-0.2, 0) is 0 Å². The number of likely N-dealkylation sites (tertiary alicyclic amines) is 1. The van der Waals surface area contributed by atoms with Crippen molar-refractivity contribution in [1.29, 1.82) is 0 Å². The molecule has 1 N–H and O–H groups in total. The molecule has 0 unspecified atom stereocenters. The lowest BCUT2D eigenvalue weighted by atomic mass is 10.2. The molecule has 11 heavy (non-hydrogen) atoms. The number of nitrogens with zero attached hydrogens (tertiary/aromatic N) is 1. The second-order valence-corrected chi connectivity index (χ2v) is 3.94. The number of rotatable bonds is 1. The summed E-state index contributed by atoms with van der Waals surface area (Å²) in [7, 11) is 0. The van der Waals surface area contributed by atoms with Gasteiger partial charge in [0.2, 0.25) is 0 Å². The van der Waals surface area contributed by atoms with E-state index in [0.717, 1.165) is 12.1 Å². The first-order valence-electron chi connectivity index (χ1n) is 4.83. The fourth-order valence-electron chi connectivity index (χ4n) is 2.30. The van der Waals surface area contributed by atoms with Crippen LogP contribution in [0.3, 0.4) is 0 Å². The summed E-state index contributed by atoms with van der Waals surface area (Å²) in [6.45, 7) is 6.20. The number of hydrogen-bond acceptors (Lipinski definition) is 2. The highest BCUT2D eigenvalue weighted by atomic mass is 15.2. The lowest BCUT2D eigenvalue weighted by molar-refractivity contribution is 0.256. The van der Waals surface area contributed by atoms with E-state index in [0.29, 0.717) is 0 Å². The summed E-state index contributed by atoms with van der Waals surface area (Å²) < 4.78 is 0. The minimum atomic E-state index is 0.751. The van der Waals surface area contributed by atoms with E-state index in [4.69, 9.17) is 0 Å². The van der Waals surface area contributed by atoms with Gasteiger partial charge in [0.25, 0.3) is 0 Å². The highest BCUT2D eigenvalue weighted by molar-refractivity contribution is 4.87. The molecule has 2 saturated heterocycles. The van der Waals surface area contributed by atoms with Crippen LogP contribution in [0.5, 0.6) is 0 Å². The molecule has 0 aromatic heterocycles. The first-order valence-corrected chi connectivity index (χ1v) is 4.83. The molecule has 0 aliphatic carbocycles. The third kappa shape index (κ3) is 1.57. The Balaban J connectivity index is 1.85. The zero-order valence-electron chi connectivity index (χ0n) is 7.34. The standard InChI is InChI=1S/C9H18N2/c1-8-6-9(7-10-8)11-4-2-3-5-11/h8-10H,2-7H2,1H3/t8-,9+/m1/s1. The van der Waals surface area contributed by atoms with Crippen molar-refractivity contribution in [2.75, 3.05) is 19.6 Å². The van der Waals surface area contributed by atoms with Gasteiger partial charge in [0.15, 0.2) is 0 Å². The third-order valence-corrected chi connectivity index (χ3v) is 2.98. The Kier molecular flexibility index (Phi) is 2.14. The lowest BCUT2D eigenvalue weighted by Crippen LogP contribution is -2.34. The van der Waals surface area contributed by atoms with Crippen molar-refractivity contribution >= 4 is 0 Å². The van der Waals surface area contributed by atoms with Crippen LogP contribution in [0.25, 0.3) is 0 Å². The fraction of sp³-hybridized carbons (Fsp3) is 1.00. The molecule has 2 aliphatic rings. The van der Waals surface area contributed by atoms with Gasteiger partial charge in [-0.3, -0.25) is 4.90 Å². The van der Waals surface area contributed by atoms with Gasteiger partial charge in [-0.2, -0.15) is 0 Å². The molecule has 2 rings (SSSR count). The largest absolute Gasteiger partial charge is 0.313 e. The Bertz CT molecular complexity index is 130. The third-order valence-electron chi connectivity index (χ3n) is 2.98. The molecule has 2 fully saturated rings. The molecular weight excluding hydrogens is 136 g/mol. The van der Waals surface area contributed by atoms with Crippen LogP contribution in [-0.4, -0.2) is 36.6 Å². The predicted molar refractivity (Wildman–Crippen MR) is 46.7 cm³/mol. The van der Waals surface area contributed by atoms with Crippen LogP contribution >= 0.6 is 0 Å². The second kappa shape index (κ2) is 3.11. The Labute approximate surface area is 69.0 Å². The van der Waals surface area contributed by atoms with Gasteiger partial charge in [-0.15, -0.1) is 0 Å². The van der Waals surface area contributed by atoms with Crippen LogP contribution in [0, 0.1) is 0 Å². The first-order chi connectivity index (χ1) is 5.36. The quantitative estimate of drug-likeness (QED) is 0.602. The van der Waals surface area contributed by atoms with Crippen LogP contribution in [0.15, 0.2) is 0 Å². The minimum absolute atomic E-state index is 0.751. The molecule has 0 aromatic rings. The molecular formula is C9H18N2. The molecule has 0 aromatic carbocycles. The molecule has 2 heterocycles. The van der Waals surface area contributed by atoms with Crippen molar-refractivity contribution in [2.45, 2.75) is 38.3 Å². The molecule has 0 spiro atoms. The van der Waals surface area contributed by atoms with Gasteiger partial charge in [0.1, 0.15) is 0 Å². The van der Waals surface area contributed by atoms with Gasteiger partial charge in [-0.25, -0.2) is 0 Å². The first kappa shape index (κ1) is 7.56. The van der Waals surface area contributed by atoms with Crippen LogP contribution < -0.4 is 5.32 Å². The van der Waals surface area contributed by atoms with Crippen molar-refractivity contribution in [2.24, 2.45) is 0 Å². The smallest absolute Gasteiger partial charge is 0.0235 e. The summed E-state index contributed by atoms with van der Waals surface area (Å²) in [6, 6.07) is 1.60. The van der Waals surface area contributed by atoms with Crippen LogP contribution in [0.4, 0.5) is 0 Å². The Morgan fingerprint density at radius 3 is 2.55 bits per heavy atom. The maximum Gasteiger partial charge on any atom is 0.0235 e. The van der Waals surface area contributed by atoms with E-state index in [-0.39, 0.29) is 0 Å². The van der Waals surface area contributed by atoms with E-state index < -0.39 is 0 Å². The van der Waals surface area contributed by atoms with Crippen molar-refractivity contribution in [3.8, 4) is 0 Å². The molecule has 64 valence electrons. The highest BCUT2D eigenvalue weighted by Gasteiger charge is 2.27. The summed E-state index contributed by atoms with van der Waals surface area (Å²) in [5.41, 5.74) is 0. The minimum Gasteiger partial charge on any atom is -0.313 e. The summed E-state index contributed by atoms with van der Waals surface area (Å²) in [5, 5.41) is 3.50. The maximum absolute atomic E-state index is 3.50. The van der Waals surface area contributed by atoms with E-state index >= 15 is 0 Å². The second-order valence-electron chi connectivity index (χ2n) is 3.94. The van der Waals surface area contributed by atoms with Gasteiger partial charge < -0.3 is 5.32 Å². The molecule has 2 nitrogen and oxygen atoms in total. The van der Waals surface area contributed by atoms with Gasteiger partial charge in [0, 0.05) is 18.6 Å². The topological polar surface area (TPSA) is 15.3 Å². The van der Waals surface area contributed by atoms with Crippen molar-refractivity contribution < 1.29 is 0 Å². The Morgan fingerprint density at radius 2 is 2.00 bits per heavy atom. The monoisotopic (exact) mass is 154 g/mol. The average molecular weight is 154 g/mol. The van der Waals surface area contributed by atoms with Gasteiger partial charge >= 0.3 is 0 Å². The zero-order chi connectivity index (χ0) is 7.68. The Morgan fingerprint density at radius 1 is 1.27 bits per heavy atom. The van der Waals surface area contributed by atoms with E-state index in [9.17, 15) is 0 Å². The molecule has 2 aliphatic heterocycles. The SMILES string of the molecule is C[C@@H]1C[C@H](N2CCCC2)CN1. The van der Waals surface area contributed by atoms with Gasteiger partial charge in [0.05, 0.1) is 0 Å². The predicted octanol–water partition coefficient (Wildman–Crippen LogP) is 0.833. The summed E-state index contributed by atoms with van der Waals surface area (Å²) in [5.74, 6) is 0. The van der Waals surface area contributed by atoms with Crippen LogP contribution in [0.2, 0.25) is 0 Å². The number of hydrogen-bond donors (Lipinski definition) is 1. The molecule has 0 radical (unpaired) electrons. The van der Waals surface area contributed by atoms with Gasteiger partial charge in [-0.05, 0) is 39.3 Å². The number of nitrogens with one attached hydrogen (secondary N) is 1. The molecule has 0 bridgehead atoms. The summed E-state index contributed by atoms with van der Waals surface area (Å²) >= 11 is 0.